The second kappa shape index (κ2) is 8.84. The number of hydrogen-bond donors (Lipinski definition) is 0. The fourth-order valence-corrected chi connectivity index (χ4v) is 3.87. The van der Waals surface area contributed by atoms with Crippen LogP contribution in [0.2, 0.25) is 0 Å². The lowest BCUT2D eigenvalue weighted by Crippen LogP contribution is -2.50. The second-order valence-electron chi connectivity index (χ2n) is 8.26. The van der Waals surface area contributed by atoms with Gasteiger partial charge < -0.3 is 9.80 Å². The van der Waals surface area contributed by atoms with E-state index < -0.39 is 0 Å². The van der Waals surface area contributed by atoms with Crippen molar-refractivity contribution in [2.45, 2.75) is 33.6 Å². The highest BCUT2D eigenvalue weighted by molar-refractivity contribution is 5.97. The molecule has 2 amide bonds. The van der Waals surface area contributed by atoms with Crippen LogP contribution in [0.15, 0.2) is 42.5 Å². The van der Waals surface area contributed by atoms with Crippen LogP contribution in [0.5, 0.6) is 0 Å². The monoisotopic (exact) mass is 416 g/mol. The van der Waals surface area contributed by atoms with Crippen LogP contribution in [0.1, 0.15) is 39.3 Å². The smallest absolute Gasteiger partial charge is 0.254 e. The maximum atomic E-state index is 13.0. The predicted molar refractivity (Wildman–Crippen MR) is 121 cm³/mol. The maximum Gasteiger partial charge on any atom is 0.254 e. The third-order valence-electron chi connectivity index (χ3n) is 5.99. The third kappa shape index (κ3) is 4.74. The molecule has 1 aliphatic rings. The number of carbonyl (C=O) groups excluding carboxylic acids is 2. The minimum atomic E-state index is -0.0197. The third-order valence-corrected chi connectivity index (χ3v) is 5.99. The fraction of sp³-hybridized carbons (Fsp3) is 0.360. The number of benzene rings is 2. The second-order valence-corrected chi connectivity index (χ2v) is 8.26. The average molecular weight is 417 g/mol. The van der Waals surface area contributed by atoms with Crippen molar-refractivity contribution in [3.05, 3.63) is 70.5 Å². The van der Waals surface area contributed by atoms with Crippen molar-refractivity contribution >= 4 is 22.8 Å². The molecule has 1 saturated heterocycles. The van der Waals surface area contributed by atoms with Gasteiger partial charge in [-0.25, -0.2) is 9.97 Å². The summed E-state index contributed by atoms with van der Waals surface area (Å²) in [7, 11) is 0. The molecule has 3 aromatic rings. The van der Waals surface area contributed by atoms with E-state index in [4.69, 9.17) is 0 Å². The summed E-state index contributed by atoms with van der Waals surface area (Å²) in [4.78, 5) is 38.4. The molecule has 0 bridgehead atoms. The first-order valence-electron chi connectivity index (χ1n) is 10.8. The van der Waals surface area contributed by atoms with Crippen molar-refractivity contribution in [2.24, 2.45) is 0 Å². The zero-order chi connectivity index (χ0) is 22.0. The normalized spacial score (nSPS) is 14.2. The van der Waals surface area contributed by atoms with Gasteiger partial charge in [-0.3, -0.25) is 9.59 Å². The largest absolute Gasteiger partial charge is 0.339 e. The highest BCUT2D eigenvalue weighted by Gasteiger charge is 2.25. The first-order valence-corrected chi connectivity index (χ1v) is 10.8. The van der Waals surface area contributed by atoms with Crippen LogP contribution in [-0.2, 0) is 11.2 Å². The summed E-state index contributed by atoms with van der Waals surface area (Å²) < 4.78 is 0. The summed E-state index contributed by atoms with van der Waals surface area (Å²) in [5.74, 6) is 0.133. The van der Waals surface area contributed by atoms with Crippen LogP contribution in [-0.4, -0.2) is 57.8 Å². The van der Waals surface area contributed by atoms with Gasteiger partial charge in [0.1, 0.15) is 0 Å². The van der Waals surface area contributed by atoms with Gasteiger partial charge >= 0.3 is 0 Å². The van der Waals surface area contributed by atoms with Crippen LogP contribution >= 0.6 is 0 Å². The lowest BCUT2D eigenvalue weighted by Gasteiger charge is -2.35. The van der Waals surface area contributed by atoms with Crippen molar-refractivity contribution in [3.63, 3.8) is 0 Å². The number of nitrogens with zero attached hydrogens (tertiary/aromatic N) is 4. The molecule has 1 aliphatic heterocycles. The number of fused-ring (bicyclic) bond motifs is 1. The van der Waals surface area contributed by atoms with Crippen LogP contribution in [0.3, 0.4) is 0 Å². The van der Waals surface area contributed by atoms with E-state index in [9.17, 15) is 9.59 Å². The van der Waals surface area contributed by atoms with Crippen LogP contribution in [0, 0.1) is 20.8 Å². The molecule has 1 aromatic heterocycles. The van der Waals surface area contributed by atoms with E-state index in [2.05, 4.69) is 41.2 Å². The van der Waals surface area contributed by atoms with Crippen molar-refractivity contribution in [1.29, 1.82) is 0 Å². The van der Waals surface area contributed by atoms with Gasteiger partial charge in [0.2, 0.25) is 5.91 Å². The molecule has 2 heterocycles. The number of aromatic nitrogens is 2. The summed E-state index contributed by atoms with van der Waals surface area (Å²) in [5, 5.41) is 0. The summed E-state index contributed by atoms with van der Waals surface area (Å²) in [5.41, 5.74) is 6.31. The SMILES string of the molecule is Cc1ccc(CCC(=O)N2CCN(C(=O)c3ccc4nc(C)c(C)nc4c3)CC2)cc1. The fourth-order valence-electron chi connectivity index (χ4n) is 3.87. The Kier molecular flexibility index (Phi) is 5.98. The van der Waals surface area contributed by atoms with Gasteiger partial charge in [-0.15, -0.1) is 0 Å². The molecule has 4 rings (SSSR count). The van der Waals surface area contributed by atoms with Gasteiger partial charge in [-0.1, -0.05) is 29.8 Å². The Hall–Kier alpha value is -3.28. The zero-order valence-corrected chi connectivity index (χ0v) is 18.4. The number of carbonyl (C=O) groups is 2. The van der Waals surface area contributed by atoms with Crippen molar-refractivity contribution in [2.75, 3.05) is 26.2 Å². The standard InChI is InChI=1S/C25H28N4O2/c1-17-4-6-20(7-5-17)8-11-24(30)28-12-14-29(15-13-28)25(31)21-9-10-22-23(16-21)27-19(3)18(2)26-22/h4-7,9-10,16H,8,11-15H2,1-3H3. The molecule has 0 N–H and O–H groups in total. The molecule has 0 unspecified atom stereocenters. The molecule has 0 radical (unpaired) electrons. The predicted octanol–water partition coefficient (Wildman–Crippen LogP) is 3.47. The number of amides is 2. The lowest BCUT2D eigenvalue weighted by atomic mass is 10.1. The molecule has 6 nitrogen and oxygen atoms in total. The highest BCUT2D eigenvalue weighted by Crippen LogP contribution is 2.17. The van der Waals surface area contributed by atoms with Crippen LogP contribution < -0.4 is 0 Å². The van der Waals surface area contributed by atoms with Crippen molar-refractivity contribution in [1.82, 2.24) is 19.8 Å². The maximum absolute atomic E-state index is 13.0. The molecule has 0 spiro atoms. The highest BCUT2D eigenvalue weighted by atomic mass is 16.2. The summed E-state index contributed by atoms with van der Waals surface area (Å²) in [6.45, 7) is 8.16. The molecule has 0 atom stereocenters. The van der Waals surface area contributed by atoms with Crippen LogP contribution in [0.4, 0.5) is 0 Å². The van der Waals surface area contributed by atoms with E-state index in [-0.39, 0.29) is 11.8 Å². The minimum Gasteiger partial charge on any atom is -0.339 e. The van der Waals surface area contributed by atoms with E-state index in [0.717, 1.165) is 28.8 Å². The molecular formula is C25H28N4O2. The molecular weight excluding hydrogens is 388 g/mol. The molecule has 2 aromatic carbocycles. The van der Waals surface area contributed by atoms with Crippen molar-refractivity contribution < 1.29 is 9.59 Å². The van der Waals surface area contributed by atoms with E-state index in [1.54, 1.807) is 0 Å². The zero-order valence-electron chi connectivity index (χ0n) is 18.4. The van der Waals surface area contributed by atoms with Crippen LogP contribution in [0.25, 0.3) is 11.0 Å². The average Bonchev–Trinajstić information content (AvgIpc) is 2.78. The summed E-state index contributed by atoms with van der Waals surface area (Å²) in [6.07, 6.45) is 1.24. The Morgan fingerprint density at radius 2 is 1.42 bits per heavy atom. The molecule has 31 heavy (non-hydrogen) atoms. The van der Waals surface area contributed by atoms with Gasteiger partial charge in [0.05, 0.1) is 22.4 Å². The molecule has 1 fully saturated rings. The Morgan fingerprint density at radius 3 is 2.10 bits per heavy atom. The first kappa shape index (κ1) is 21.0. The van der Waals surface area contributed by atoms with E-state index in [1.165, 1.54) is 11.1 Å². The van der Waals surface area contributed by atoms with Gasteiger partial charge in [0.15, 0.2) is 0 Å². The van der Waals surface area contributed by atoms with E-state index >= 15 is 0 Å². The Labute approximate surface area is 182 Å². The van der Waals surface area contributed by atoms with Gasteiger partial charge in [-0.05, 0) is 51.0 Å². The lowest BCUT2D eigenvalue weighted by molar-refractivity contribution is -0.132. The molecule has 160 valence electrons. The number of rotatable bonds is 4. The van der Waals surface area contributed by atoms with Crippen molar-refractivity contribution in [3.8, 4) is 0 Å². The van der Waals surface area contributed by atoms with E-state index in [0.29, 0.717) is 38.2 Å². The first-order chi connectivity index (χ1) is 14.9. The number of piperazine rings is 1. The molecule has 0 saturated carbocycles. The topological polar surface area (TPSA) is 66.4 Å². The summed E-state index contributed by atoms with van der Waals surface area (Å²) >= 11 is 0. The molecule has 0 aliphatic carbocycles. The summed E-state index contributed by atoms with van der Waals surface area (Å²) in [6, 6.07) is 13.8. The number of hydrogen-bond acceptors (Lipinski definition) is 4. The Balaban J connectivity index is 1.34. The Bertz CT molecular complexity index is 1120. The van der Waals surface area contributed by atoms with Gasteiger partial charge in [0.25, 0.3) is 5.91 Å². The minimum absolute atomic E-state index is 0.0197. The van der Waals surface area contributed by atoms with Gasteiger partial charge in [0, 0.05) is 38.2 Å². The van der Waals surface area contributed by atoms with E-state index in [1.807, 2.05) is 41.8 Å². The number of aryl methyl sites for hydroxylation is 4. The Morgan fingerprint density at radius 1 is 0.806 bits per heavy atom. The quantitative estimate of drug-likeness (QED) is 0.653. The molecule has 6 heteroatoms. The van der Waals surface area contributed by atoms with Gasteiger partial charge in [-0.2, -0.15) is 0 Å².